The van der Waals surface area contributed by atoms with Gasteiger partial charge in [0, 0.05) is 11.3 Å². The molecular formula is C22H23N3O3. The van der Waals surface area contributed by atoms with Gasteiger partial charge >= 0.3 is 5.97 Å². The minimum Gasteiger partial charge on any atom is -0.465 e. The molecule has 2 aromatic carbocycles. The Kier molecular flexibility index (Phi) is 5.68. The first-order valence-electron chi connectivity index (χ1n) is 9.26. The van der Waals surface area contributed by atoms with Gasteiger partial charge in [0.25, 0.3) is 5.91 Å². The van der Waals surface area contributed by atoms with E-state index in [1.54, 1.807) is 30.3 Å². The number of nitrogens with zero attached hydrogens (tertiary/aromatic N) is 2. The van der Waals surface area contributed by atoms with E-state index in [1.807, 2.05) is 19.9 Å². The molecule has 0 atom stereocenters. The molecule has 0 aliphatic carbocycles. The summed E-state index contributed by atoms with van der Waals surface area (Å²) in [5.41, 5.74) is 5.80. The molecule has 3 aromatic rings. The number of carbonyl (C=O) groups excluding carboxylic acids is 2. The molecule has 28 heavy (non-hydrogen) atoms. The summed E-state index contributed by atoms with van der Waals surface area (Å²) in [6.07, 6.45) is 1.63. The Bertz CT molecular complexity index is 1060. The molecule has 0 radical (unpaired) electrons. The largest absolute Gasteiger partial charge is 0.465 e. The second-order valence-corrected chi connectivity index (χ2v) is 6.50. The minimum absolute atomic E-state index is 0.241. The lowest BCUT2D eigenvalue weighted by Gasteiger charge is -2.11. The number of hydrogen-bond donors (Lipinski definition) is 1. The van der Waals surface area contributed by atoms with Gasteiger partial charge < -0.3 is 10.1 Å². The van der Waals surface area contributed by atoms with Gasteiger partial charge in [0.05, 0.1) is 35.1 Å². The smallest absolute Gasteiger partial charge is 0.337 e. The molecule has 1 aromatic heterocycles. The molecule has 3 rings (SSSR count). The van der Waals surface area contributed by atoms with Crippen molar-refractivity contribution >= 4 is 28.6 Å². The summed E-state index contributed by atoms with van der Waals surface area (Å²) in [5.74, 6) is -0.650. The maximum absolute atomic E-state index is 12.7. The summed E-state index contributed by atoms with van der Waals surface area (Å²) >= 11 is 0. The number of amides is 1. The molecule has 1 heterocycles. The van der Waals surface area contributed by atoms with E-state index < -0.39 is 5.97 Å². The van der Waals surface area contributed by atoms with Crippen molar-refractivity contribution in [3.63, 3.8) is 0 Å². The van der Waals surface area contributed by atoms with Gasteiger partial charge in [0.2, 0.25) is 0 Å². The first-order valence-corrected chi connectivity index (χ1v) is 9.26. The van der Waals surface area contributed by atoms with Gasteiger partial charge in [-0.25, -0.2) is 14.8 Å². The lowest BCUT2D eigenvalue weighted by Crippen LogP contribution is -2.13. The van der Waals surface area contributed by atoms with Gasteiger partial charge in [-0.1, -0.05) is 13.8 Å². The molecule has 0 spiro atoms. The number of fused-ring (bicyclic) bond motifs is 1. The highest BCUT2D eigenvalue weighted by Crippen LogP contribution is 2.20. The van der Waals surface area contributed by atoms with Crippen LogP contribution in [0.25, 0.3) is 11.0 Å². The molecule has 1 N–H and O–H groups in total. The lowest BCUT2D eigenvalue weighted by atomic mass is 10.1. The predicted octanol–water partition coefficient (Wildman–Crippen LogP) is 4.10. The summed E-state index contributed by atoms with van der Waals surface area (Å²) in [7, 11) is 1.34. The van der Waals surface area contributed by atoms with E-state index in [0.29, 0.717) is 22.3 Å². The first-order chi connectivity index (χ1) is 13.5. The van der Waals surface area contributed by atoms with E-state index in [9.17, 15) is 9.59 Å². The highest BCUT2D eigenvalue weighted by molar-refractivity contribution is 6.06. The fourth-order valence-corrected chi connectivity index (χ4v) is 3.08. The highest BCUT2D eigenvalue weighted by Gasteiger charge is 2.13. The van der Waals surface area contributed by atoms with E-state index in [0.717, 1.165) is 35.3 Å². The van der Waals surface area contributed by atoms with Crippen LogP contribution in [0, 0.1) is 6.92 Å². The lowest BCUT2D eigenvalue weighted by molar-refractivity contribution is 0.0600. The number of anilines is 1. The Hall–Kier alpha value is -3.28. The molecule has 0 aliphatic heterocycles. The molecule has 0 unspecified atom stereocenters. The molecular weight excluding hydrogens is 354 g/mol. The molecule has 0 bridgehead atoms. The van der Waals surface area contributed by atoms with E-state index in [4.69, 9.17) is 4.74 Å². The number of ether oxygens (including phenoxy) is 1. The maximum atomic E-state index is 12.7. The van der Waals surface area contributed by atoms with Gasteiger partial charge in [-0.2, -0.15) is 0 Å². The summed E-state index contributed by atoms with van der Waals surface area (Å²) in [5, 5.41) is 2.89. The topological polar surface area (TPSA) is 81.2 Å². The molecule has 6 nitrogen and oxygen atoms in total. The molecule has 0 aliphatic rings. The zero-order valence-electron chi connectivity index (χ0n) is 16.5. The average molecular weight is 377 g/mol. The molecule has 6 heteroatoms. The van der Waals surface area contributed by atoms with Gasteiger partial charge in [-0.3, -0.25) is 4.79 Å². The summed E-state index contributed by atoms with van der Waals surface area (Å²) in [4.78, 5) is 33.7. The second kappa shape index (κ2) is 8.17. The molecule has 144 valence electrons. The first kappa shape index (κ1) is 19.5. The van der Waals surface area contributed by atoms with Crippen molar-refractivity contribution in [2.24, 2.45) is 0 Å². The molecule has 0 saturated carbocycles. The Morgan fingerprint density at radius 2 is 1.57 bits per heavy atom. The van der Waals surface area contributed by atoms with Crippen LogP contribution in [-0.2, 0) is 17.6 Å². The van der Waals surface area contributed by atoms with Crippen LogP contribution >= 0.6 is 0 Å². The fourth-order valence-electron chi connectivity index (χ4n) is 3.08. The number of nitrogens with one attached hydrogen (secondary N) is 1. The third-order valence-electron chi connectivity index (χ3n) is 4.65. The predicted molar refractivity (Wildman–Crippen MR) is 109 cm³/mol. The Labute approximate surface area is 164 Å². The fraction of sp³-hybridized carbons (Fsp3) is 0.273. The highest BCUT2D eigenvalue weighted by atomic mass is 16.5. The Morgan fingerprint density at radius 3 is 2.18 bits per heavy atom. The molecule has 1 amide bonds. The number of esters is 1. The third-order valence-corrected chi connectivity index (χ3v) is 4.65. The van der Waals surface area contributed by atoms with Crippen LogP contribution in [0.5, 0.6) is 0 Å². The van der Waals surface area contributed by atoms with E-state index in [-0.39, 0.29) is 5.91 Å². The van der Waals surface area contributed by atoms with Crippen molar-refractivity contribution in [3.8, 4) is 0 Å². The van der Waals surface area contributed by atoms with Crippen molar-refractivity contribution in [2.45, 2.75) is 33.6 Å². The quantitative estimate of drug-likeness (QED) is 0.677. The summed E-state index contributed by atoms with van der Waals surface area (Å²) < 4.78 is 4.72. The van der Waals surface area contributed by atoms with Gasteiger partial charge in [0.15, 0.2) is 0 Å². The zero-order valence-corrected chi connectivity index (χ0v) is 16.5. The molecule has 0 fully saturated rings. The SMILES string of the molecule is CCc1nc2ccc(C(=O)Nc3ccc(C(=O)OC)cc3C)cc2nc1CC. The van der Waals surface area contributed by atoms with E-state index in [2.05, 4.69) is 22.2 Å². The van der Waals surface area contributed by atoms with Gasteiger partial charge in [-0.15, -0.1) is 0 Å². The summed E-state index contributed by atoms with van der Waals surface area (Å²) in [6.45, 7) is 5.94. The number of benzene rings is 2. The van der Waals surface area contributed by atoms with Crippen molar-refractivity contribution in [2.75, 3.05) is 12.4 Å². The third kappa shape index (κ3) is 3.86. The Balaban J connectivity index is 1.88. The van der Waals surface area contributed by atoms with Crippen LogP contribution in [0.1, 0.15) is 51.5 Å². The van der Waals surface area contributed by atoms with Crippen molar-refractivity contribution in [1.82, 2.24) is 9.97 Å². The van der Waals surface area contributed by atoms with Crippen LogP contribution < -0.4 is 5.32 Å². The van der Waals surface area contributed by atoms with Crippen LogP contribution in [0.2, 0.25) is 0 Å². The van der Waals surface area contributed by atoms with Crippen molar-refractivity contribution < 1.29 is 14.3 Å². The van der Waals surface area contributed by atoms with Gasteiger partial charge in [-0.05, 0) is 61.7 Å². The standard InChI is InChI=1S/C22H23N3O3/c1-5-16-17(6-2)24-20-12-14(7-10-19(20)23-16)21(26)25-18-9-8-15(11-13(18)3)22(27)28-4/h7-12H,5-6H2,1-4H3,(H,25,26). The number of methoxy groups -OCH3 is 1. The number of carbonyl (C=O) groups is 2. The van der Waals surface area contributed by atoms with Crippen molar-refractivity contribution in [1.29, 1.82) is 0 Å². The number of aromatic nitrogens is 2. The number of aryl methyl sites for hydroxylation is 3. The van der Waals surface area contributed by atoms with E-state index in [1.165, 1.54) is 7.11 Å². The van der Waals surface area contributed by atoms with Gasteiger partial charge in [0.1, 0.15) is 0 Å². The average Bonchev–Trinajstić information content (AvgIpc) is 2.72. The Morgan fingerprint density at radius 1 is 0.929 bits per heavy atom. The normalized spacial score (nSPS) is 10.7. The van der Waals surface area contributed by atoms with Crippen LogP contribution in [0.15, 0.2) is 36.4 Å². The summed E-state index contributed by atoms with van der Waals surface area (Å²) in [6, 6.07) is 10.3. The monoisotopic (exact) mass is 377 g/mol. The van der Waals surface area contributed by atoms with Crippen LogP contribution in [-0.4, -0.2) is 29.0 Å². The maximum Gasteiger partial charge on any atom is 0.337 e. The van der Waals surface area contributed by atoms with Crippen molar-refractivity contribution in [3.05, 3.63) is 64.5 Å². The number of hydrogen-bond acceptors (Lipinski definition) is 5. The minimum atomic E-state index is -0.410. The second-order valence-electron chi connectivity index (χ2n) is 6.50. The van der Waals surface area contributed by atoms with Crippen LogP contribution in [0.4, 0.5) is 5.69 Å². The number of rotatable bonds is 5. The van der Waals surface area contributed by atoms with E-state index >= 15 is 0 Å². The van der Waals surface area contributed by atoms with Crippen LogP contribution in [0.3, 0.4) is 0 Å². The zero-order chi connectivity index (χ0) is 20.3. The molecule has 0 saturated heterocycles.